The molecule has 0 aliphatic rings. The highest BCUT2D eigenvalue weighted by Gasteiger charge is 2.12. The zero-order valence-electron chi connectivity index (χ0n) is 10.1. The Hall–Kier alpha value is -1.10. The second-order valence-electron chi connectivity index (χ2n) is 3.70. The van der Waals surface area contributed by atoms with Crippen molar-refractivity contribution in [3.8, 4) is 0 Å². The van der Waals surface area contributed by atoms with E-state index in [-0.39, 0.29) is 24.4 Å². The van der Waals surface area contributed by atoms with Gasteiger partial charge in [0, 0.05) is 25.3 Å². The molecule has 1 rings (SSSR count). The van der Waals surface area contributed by atoms with Gasteiger partial charge in [0.2, 0.25) is 0 Å². The van der Waals surface area contributed by atoms with Crippen LogP contribution in [0.5, 0.6) is 0 Å². The molecule has 96 valence electrons. The second-order valence-corrected chi connectivity index (χ2v) is 3.70. The van der Waals surface area contributed by atoms with Crippen molar-refractivity contribution in [1.29, 1.82) is 0 Å². The molecule has 0 saturated heterocycles. The van der Waals surface area contributed by atoms with Gasteiger partial charge in [-0.2, -0.15) is 0 Å². The Labute approximate surface area is 108 Å². The van der Waals surface area contributed by atoms with Gasteiger partial charge in [0.05, 0.1) is 6.61 Å². The average molecular weight is 259 g/mol. The molecule has 0 bridgehead atoms. The van der Waals surface area contributed by atoms with Gasteiger partial charge in [0.25, 0.3) is 5.91 Å². The summed E-state index contributed by atoms with van der Waals surface area (Å²) in [4.78, 5) is 11.9. The lowest BCUT2D eigenvalue weighted by Crippen LogP contribution is -2.38. The Kier molecular flexibility index (Phi) is 7.54. The first-order valence-electron chi connectivity index (χ1n) is 5.26. The summed E-state index contributed by atoms with van der Waals surface area (Å²) in [6, 6.07) is 7.36. The second kappa shape index (κ2) is 8.06. The molecule has 4 nitrogen and oxygen atoms in total. The summed E-state index contributed by atoms with van der Waals surface area (Å²) < 4.78 is 5.05. The van der Waals surface area contributed by atoms with E-state index in [2.05, 4.69) is 5.32 Å². The normalized spacial score (nSPS) is 11.5. The average Bonchev–Trinajstić information content (AvgIpc) is 2.30. The molecule has 1 atom stereocenters. The molecule has 1 aromatic rings. The molecular weight excluding hydrogens is 240 g/mol. The van der Waals surface area contributed by atoms with Crippen LogP contribution >= 0.6 is 12.4 Å². The summed E-state index contributed by atoms with van der Waals surface area (Å²) in [5.74, 6) is -0.106. The third-order valence-electron chi connectivity index (χ3n) is 2.29. The summed E-state index contributed by atoms with van der Waals surface area (Å²) in [5, 5.41) is 2.83. The van der Waals surface area contributed by atoms with Crippen LogP contribution in [0.2, 0.25) is 0 Å². The fraction of sp³-hybridized carbons (Fsp3) is 0.417. The fourth-order valence-electron chi connectivity index (χ4n) is 1.38. The molecule has 17 heavy (non-hydrogen) atoms. The van der Waals surface area contributed by atoms with Crippen LogP contribution in [0.25, 0.3) is 0 Å². The van der Waals surface area contributed by atoms with Crippen molar-refractivity contribution in [2.24, 2.45) is 5.73 Å². The van der Waals surface area contributed by atoms with Crippen LogP contribution in [0.4, 0.5) is 0 Å². The van der Waals surface area contributed by atoms with Crippen molar-refractivity contribution in [1.82, 2.24) is 5.32 Å². The molecule has 0 spiro atoms. The monoisotopic (exact) mass is 258 g/mol. The van der Waals surface area contributed by atoms with Gasteiger partial charge >= 0.3 is 0 Å². The minimum absolute atomic E-state index is 0. The van der Waals surface area contributed by atoms with Gasteiger partial charge in [-0.05, 0) is 18.6 Å². The number of amides is 1. The number of nitrogens with one attached hydrogen (secondary N) is 1. The van der Waals surface area contributed by atoms with Crippen LogP contribution in [0.1, 0.15) is 22.8 Å². The largest absolute Gasteiger partial charge is 0.380 e. The molecule has 0 radical (unpaired) electrons. The van der Waals surface area contributed by atoms with E-state index in [9.17, 15) is 4.79 Å². The fourth-order valence-corrected chi connectivity index (χ4v) is 1.38. The number of nitrogens with two attached hydrogens (primary N) is 1. The summed E-state index contributed by atoms with van der Waals surface area (Å²) >= 11 is 0. The minimum Gasteiger partial charge on any atom is -0.380 e. The lowest BCUT2D eigenvalue weighted by atomic mass is 10.1. The number of carbonyl (C=O) groups excluding carboxylic acids is 1. The van der Waals surface area contributed by atoms with Crippen LogP contribution in [0, 0.1) is 0 Å². The van der Waals surface area contributed by atoms with Gasteiger partial charge < -0.3 is 15.8 Å². The number of halogens is 1. The van der Waals surface area contributed by atoms with E-state index in [0.29, 0.717) is 18.7 Å². The Morgan fingerprint density at radius 1 is 1.47 bits per heavy atom. The van der Waals surface area contributed by atoms with Gasteiger partial charge in [-0.3, -0.25) is 4.79 Å². The zero-order chi connectivity index (χ0) is 12.0. The molecule has 1 aromatic carbocycles. The van der Waals surface area contributed by atoms with Crippen molar-refractivity contribution < 1.29 is 9.53 Å². The molecule has 0 unspecified atom stereocenters. The maximum atomic E-state index is 11.9. The minimum atomic E-state index is -0.106. The summed E-state index contributed by atoms with van der Waals surface area (Å²) in [6.07, 6.45) is 0. The van der Waals surface area contributed by atoms with Crippen LogP contribution in [0.3, 0.4) is 0 Å². The maximum Gasteiger partial charge on any atom is 0.251 e. The Morgan fingerprint density at radius 3 is 2.71 bits per heavy atom. The Morgan fingerprint density at radius 2 is 2.12 bits per heavy atom. The highest BCUT2D eigenvalue weighted by molar-refractivity contribution is 5.95. The van der Waals surface area contributed by atoms with Crippen molar-refractivity contribution in [2.75, 3.05) is 13.7 Å². The molecule has 3 N–H and O–H groups in total. The SMILES string of the molecule is COCc1ccccc1C(=O)N[C@@H](C)CN.Cl. The van der Waals surface area contributed by atoms with Crippen LogP contribution in [0.15, 0.2) is 24.3 Å². The first kappa shape index (κ1) is 15.9. The molecule has 0 aromatic heterocycles. The van der Waals surface area contributed by atoms with Crippen molar-refractivity contribution in [3.63, 3.8) is 0 Å². The third kappa shape index (κ3) is 4.73. The standard InChI is InChI=1S/C12H18N2O2.ClH/c1-9(7-13)14-12(15)11-6-4-3-5-10(11)8-16-2;/h3-6,9H,7-8,13H2,1-2H3,(H,14,15);1H/t9-;/m0./s1. The Bertz CT molecular complexity index is 358. The molecular formula is C12H19ClN2O2. The molecule has 0 fully saturated rings. The van der Waals surface area contributed by atoms with Crippen molar-refractivity contribution in [3.05, 3.63) is 35.4 Å². The van der Waals surface area contributed by atoms with E-state index in [1.165, 1.54) is 0 Å². The molecule has 0 aliphatic carbocycles. The maximum absolute atomic E-state index is 11.9. The number of hydrogen-bond acceptors (Lipinski definition) is 3. The van der Waals surface area contributed by atoms with Gasteiger partial charge in [0.1, 0.15) is 0 Å². The van der Waals surface area contributed by atoms with E-state index in [4.69, 9.17) is 10.5 Å². The Balaban J connectivity index is 0.00000256. The molecule has 0 aliphatic heterocycles. The first-order chi connectivity index (χ1) is 7.69. The number of methoxy groups -OCH3 is 1. The van der Waals surface area contributed by atoms with E-state index in [0.717, 1.165) is 5.56 Å². The van der Waals surface area contributed by atoms with Crippen molar-refractivity contribution in [2.45, 2.75) is 19.6 Å². The predicted molar refractivity (Wildman–Crippen MR) is 70.4 cm³/mol. The summed E-state index contributed by atoms with van der Waals surface area (Å²) in [6.45, 7) is 2.73. The molecule has 5 heteroatoms. The summed E-state index contributed by atoms with van der Waals surface area (Å²) in [5.41, 5.74) is 6.98. The van der Waals surface area contributed by atoms with Crippen LogP contribution in [-0.4, -0.2) is 25.6 Å². The van der Waals surface area contributed by atoms with Gasteiger partial charge in [0.15, 0.2) is 0 Å². The highest BCUT2D eigenvalue weighted by Crippen LogP contribution is 2.09. The van der Waals surface area contributed by atoms with Crippen molar-refractivity contribution >= 4 is 18.3 Å². The number of rotatable bonds is 5. The molecule has 0 saturated carbocycles. The lowest BCUT2D eigenvalue weighted by Gasteiger charge is -2.13. The predicted octanol–water partition coefficient (Wildman–Crippen LogP) is 1.33. The first-order valence-corrected chi connectivity index (χ1v) is 5.26. The lowest BCUT2D eigenvalue weighted by molar-refractivity contribution is 0.0936. The number of benzene rings is 1. The van der Waals surface area contributed by atoms with Crippen LogP contribution < -0.4 is 11.1 Å². The smallest absolute Gasteiger partial charge is 0.251 e. The van der Waals surface area contributed by atoms with E-state index in [1.54, 1.807) is 13.2 Å². The quantitative estimate of drug-likeness (QED) is 0.838. The number of carbonyl (C=O) groups is 1. The van der Waals surface area contributed by atoms with Gasteiger partial charge in [-0.25, -0.2) is 0 Å². The van der Waals surface area contributed by atoms with Crippen LogP contribution in [-0.2, 0) is 11.3 Å². The summed E-state index contributed by atoms with van der Waals surface area (Å²) in [7, 11) is 1.61. The van der Waals surface area contributed by atoms with Gasteiger partial charge in [-0.1, -0.05) is 18.2 Å². The zero-order valence-corrected chi connectivity index (χ0v) is 10.9. The van der Waals surface area contributed by atoms with E-state index < -0.39 is 0 Å². The molecule has 1 amide bonds. The number of ether oxygens (including phenoxy) is 1. The highest BCUT2D eigenvalue weighted by atomic mass is 35.5. The molecule has 0 heterocycles. The third-order valence-corrected chi connectivity index (χ3v) is 2.29. The van der Waals surface area contributed by atoms with Gasteiger partial charge in [-0.15, -0.1) is 12.4 Å². The number of hydrogen-bond donors (Lipinski definition) is 2. The van der Waals surface area contributed by atoms with E-state index in [1.807, 2.05) is 25.1 Å². The topological polar surface area (TPSA) is 64.3 Å². The van der Waals surface area contributed by atoms with E-state index >= 15 is 0 Å².